The van der Waals surface area contributed by atoms with E-state index in [0.717, 1.165) is 12.8 Å². The van der Waals surface area contributed by atoms with Crippen molar-refractivity contribution in [2.24, 2.45) is 0 Å². The molecule has 0 unspecified atom stereocenters. The summed E-state index contributed by atoms with van der Waals surface area (Å²) in [6.07, 6.45) is 17.3. The zero-order chi connectivity index (χ0) is 17.1. The first-order valence-corrected chi connectivity index (χ1v) is 10.00. The number of rotatable bonds is 14. The van der Waals surface area contributed by atoms with Crippen LogP contribution in [-0.2, 0) is 23.3 Å². The molecule has 0 saturated heterocycles. The number of nitrogens with zero attached hydrogens (tertiary/aromatic N) is 1. The Morgan fingerprint density at radius 1 is 0.864 bits per heavy atom. The molecule has 1 N–H and O–H groups in total. The topological polar surface area (TPSA) is 80.4 Å². The number of carboxylic acids is 1. The number of aliphatic carboxylic acids is 1. The molecule has 0 aromatic heterocycles. The molecule has 0 atom stereocenters. The second-order valence-corrected chi connectivity index (χ2v) is 6.80. The normalized spacial score (nSPS) is 9.95. The second kappa shape index (κ2) is 20.5. The maximum absolute atomic E-state index is 10.3. The quantitative estimate of drug-likeness (QED) is 0.196. The molecule has 0 bridgehead atoms. The average Bonchev–Trinajstić information content (AvgIpc) is 2.43. The zero-order valence-electron chi connectivity index (χ0n) is 14.2. The van der Waals surface area contributed by atoms with E-state index >= 15 is 0 Å². The standard InChI is InChI=1S/C16H32O2.NO2.Zn/c1-2-3-4-5-6-7-8-9-10-11-12-13-14-15-16(17)18;2-1-3;/h2-15H2,1H3,(H,17,18);;. The van der Waals surface area contributed by atoms with Crippen molar-refractivity contribution < 1.29 is 32.1 Å². The average molecular weight is 368 g/mol. The molecule has 0 radical (unpaired) electrons. The van der Waals surface area contributed by atoms with Gasteiger partial charge in [0.25, 0.3) is 0 Å². The number of unbranched alkanes of at least 4 members (excludes halogenated alkanes) is 12. The predicted molar refractivity (Wildman–Crippen MR) is 84.9 cm³/mol. The zero-order valence-corrected chi connectivity index (χ0v) is 17.2. The van der Waals surface area contributed by atoms with Crippen LogP contribution in [0.4, 0.5) is 0 Å². The van der Waals surface area contributed by atoms with Gasteiger partial charge in [0.15, 0.2) is 0 Å². The fourth-order valence-corrected chi connectivity index (χ4v) is 2.29. The molecular weight excluding hydrogens is 336 g/mol. The van der Waals surface area contributed by atoms with E-state index in [4.69, 9.17) is 15.2 Å². The molecule has 0 aromatic rings. The molecular formula is C16H32NO4Zn. The van der Waals surface area contributed by atoms with Gasteiger partial charge in [0.05, 0.1) is 0 Å². The van der Waals surface area contributed by atoms with Crippen molar-refractivity contribution in [3.05, 3.63) is 10.1 Å². The van der Waals surface area contributed by atoms with Gasteiger partial charge in [-0.3, -0.25) is 4.79 Å². The van der Waals surface area contributed by atoms with Gasteiger partial charge in [-0.25, -0.2) is 0 Å². The van der Waals surface area contributed by atoms with Crippen LogP contribution in [0.25, 0.3) is 0 Å². The van der Waals surface area contributed by atoms with Gasteiger partial charge >= 0.3 is 38.3 Å². The number of carbonyl (C=O) groups is 1. The predicted octanol–water partition coefficient (Wildman–Crippen LogP) is 5.28. The molecule has 0 saturated carbocycles. The monoisotopic (exact) mass is 366 g/mol. The van der Waals surface area contributed by atoms with E-state index in [-0.39, 0.29) is 22.2 Å². The van der Waals surface area contributed by atoms with Gasteiger partial charge in [-0.05, 0) is 6.42 Å². The molecule has 6 heteroatoms. The van der Waals surface area contributed by atoms with Crippen molar-refractivity contribution in [1.82, 2.24) is 0 Å². The van der Waals surface area contributed by atoms with E-state index in [2.05, 4.69) is 6.92 Å². The van der Waals surface area contributed by atoms with Crippen molar-refractivity contribution >= 4 is 5.97 Å². The fourth-order valence-electron chi connectivity index (χ4n) is 2.29. The second-order valence-electron chi connectivity index (χ2n) is 5.72. The summed E-state index contributed by atoms with van der Waals surface area (Å²) < 4.78 is -0.375. The summed E-state index contributed by atoms with van der Waals surface area (Å²) in [5, 5.41) is 17.4. The Morgan fingerprint density at radius 3 is 1.41 bits per heavy atom. The van der Waals surface area contributed by atoms with E-state index in [1.54, 1.807) is 0 Å². The summed E-state index contributed by atoms with van der Waals surface area (Å²) >= 11 is 0.153. The summed E-state index contributed by atoms with van der Waals surface area (Å²) in [5.41, 5.74) is 0. The van der Waals surface area contributed by atoms with E-state index in [1.165, 1.54) is 70.6 Å². The molecule has 127 valence electrons. The minimum absolute atomic E-state index is 0.153. The van der Waals surface area contributed by atoms with Crippen LogP contribution in [-0.4, -0.2) is 14.7 Å². The molecule has 0 amide bonds. The van der Waals surface area contributed by atoms with Crippen molar-refractivity contribution in [2.75, 3.05) is 0 Å². The molecule has 0 fully saturated rings. The summed E-state index contributed by atoms with van der Waals surface area (Å²) in [7, 11) is 0. The van der Waals surface area contributed by atoms with Crippen LogP contribution in [0.2, 0.25) is 0 Å². The molecule has 0 aliphatic rings. The van der Waals surface area contributed by atoms with E-state index in [1.807, 2.05) is 0 Å². The SMILES string of the molecule is CCCCCCCCCCCCCCCC(=O)O.O=[N+]([O-])[Zn]. The molecule has 5 nitrogen and oxygen atoms in total. The van der Waals surface area contributed by atoms with Gasteiger partial charge in [0, 0.05) is 6.42 Å². The van der Waals surface area contributed by atoms with Crippen LogP contribution >= 0.6 is 0 Å². The Hall–Kier alpha value is -0.507. The molecule has 0 aliphatic heterocycles. The summed E-state index contributed by atoms with van der Waals surface area (Å²) in [6.45, 7) is 2.26. The number of hydrogen-bond donors (Lipinski definition) is 1. The first-order valence-electron chi connectivity index (χ1n) is 8.67. The molecule has 0 spiro atoms. The molecule has 0 aromatic carbocycles. The van der Waals surface area contributed by atoms with Crippen LogP contribution in [0.1, 0.15) is 96.8 Å². The third-order valence-corrected chi connectivity index (χ3v) is 3.49. The third-order valence-electron chi connectivity index (χ3n) is 3.49. The Labute approximate surface area is 145 Å². The Balaban J connectivity index is 0. The molecule has 0 heterocycles. The number of carboxylic acid groups (broad SMARTS) is 1. The van der Waals surface area contributed by atoms with Crippen molar-refractivity contribution in [1.29, 1.82) is 0 Å². The molecule has 0 aliphatic carbocycles. The summed E-state index contributed by atoms with van der Waals surface area (Å²) in [5.74, 6) is -0.655. The van der Waals surface area contributed by atoms with E-state index in [9.17, 15) is 4.79 Å². The number of hydrogen-bond acceptors (Lipinski definition) is 3. The molecule has 0 rings (SSSR count). The van der Waals surface area contributed by atoms with Gasteiger partial charge in [-0.1, -0.05) is 84.0 Å². The first kappa shape index (κ1) is 23.8. The van der Waals surface area contributed by atoms with Gasteiger partial charge in [-0.2, -0.15) is 0 Å². The number of nitro groups is 1. The van der Waals surface area contributed by atoms with Crippen LogP contribution in [0.5, 0.6) is 0 Å². The van der Waals surface area contributed by atoms with Gasteiger partial charge < -0.3 is 5.11 Å². The maximum atomic E-state index is 10.3. The van der Waals surface area contributed by atoms with Crippen LogP contribution in [0, 0.1) is 10.1 Å². The van der Waals surface area contributed by atoms with Crippen LogP contribution < -0.4 is 0 Å². The van der Waals surface area contributed by atoms with Crippen LogP contribution in [0.15, 0.2) is 0 Å². The third kappa shape index (κ3) is 31.7. The first-order chi connectivity index (χ1) is 10.5. The summed E-state index contributed by atoms with van der Waals surface area (Å²) in [4.78, 5) is 19.2. The Bertz CT molecular complexity index is 259. The fraction of sp³-hybridized carbons (Fsp3) is 0.938. The van der Waals surface area contributed by atoms with E-state index in [0.29, 0.717) is 6.42 Å². The Kier molecular flexibility index (Phi) is 22.1. The van der Waals surface area contributed by atoms with Crippen molar-refractivity contribution in [2.45, 2.75) is 96.8 Å². The van der Waals surface area contributed by atoms with Crippen molar-refractivity contribution in [3.8, 4) is 0 Å². The molecule has 22 heavy (non-hydrogen) atoms. The van der Waals surface area contributed by atoms with E-state index < -0.39 is 5.97 Å². The van der Waals surface area contributed by atoms with Crippen LogP contribution in [0.3, 0.4) is 0 Å². The van der Waals surface area contributed by atoms with Gasteiger partial charge in [0.2, 0.25) is 0 Å². The van der Waals surface area contributed by atoms with Gasteiger partial charge in [-0.15, -0.1) is 0 Å². The van der Waals surface area contributed by atoms with Crippen molar-refractivity contribution in [3.63, 3.8) is 0 Å². The summed E-state index contributed by atoms with van der Waals surface area (Å²) in [6, 6.07) is 0. The van der Waals surface area contributed by atoms with Gasteiger partial charge in [0.1, 0.15) is 0 Å². The Morgan fingerprint density at radius 2 is 1.14 bits per heavy atom. The minimum atomic E-state index is -0.655.